The van der Waals surface area contributed by atoms with Crippen LogP contribution in [-0.2, 0) is 0 Å². The van der Waals surface area contributed by atoms with E-state index >= 15 is 0 Å². The van der Waals surface area contributed by atoms with Crippen molar-refractivity contribution in [3.8, 4) is 0 Å². The van der Waals surface area contributed by atoms with E-state index in [1.165, 1.54) is 49.0 Å². The Morgan fingerprint density at radius 2 is 0.679 bits per heavy atom. The molecule has 3 aromatic carbocycles. The number of hydrogen-bond acceptors (Lipinski definition) is 3. The van der Waals surface area contributed by atoms with Gasteiger partial charge in [0, 0.05) is 50.2 Å². The summed E-state index contributed by atoms with van der Waals surface area (Å²) in [6.45, 7) is 0. The largest absolute Gasteiger partial charge is 0.372 e. The smallest absolute Gasteiger partial charge is 0.234 e. The molecule has 0 saturated carbocycles. The first-order valence-electron chi connectivity index (χ1n) is 9.63. The summed E-state index contributed by atoms with van der Waals surface area (Å²) in [5, 5.41) is 8.80. The van der Waals surface area contributed by atoms with Gasteiger partial charge in [-0.3, -0.25) is 0 Å². The number of anilines is 3. The first-order chi connectivity index (χ1) is 12.9. The van der Waals surface area contributed by atoms with E-state index in [1.54, 1.807) is 0 Å². The Hall–Kier alpha value is -1.94. The van der Waals surface area contributed by atoms with Crippen LogP contribution in [0, 0.1) is 0 Å². The molecule has 7 heteroatoms. The third-order valence-electron chi connectivity index (χ3n) is 5.19. The van der Waals surface area contributed by atoms with Gasteiger partial charge in [-0.1, -0.05) is 0 Å². The van der Waals surface area contributed by atoms with E-state index in [0.717, 1.165) is 0 Å². The highest BCUT2D eigenvalue weighted by atomic mass is 31.1. The molecule has 3 aromatic rings. The van der Waals surface area contributed by atoms with Crippen molar-refractivity contribution in [3.05, 3.63) is 16.1 Å². The number of rotatable bonds is 6. The van der Waals surface area contributed by atoms with Crippen molar-refractivity contribution in [1.82, 2.24) is 13.7 Å². The Bertz CT molecular complexity index is 959. The van der Waals surface area contributed by atoms with E-state index in [2.05, 4.69) is 113 Å². The third-order valence-corrected chi connectivity index (χ3v) is 7.80. The first kappa shape index (κ1) is 20.8. The van der Waals surface area contributed by atoms with E-state index in [1.807, 2.05) is 0 Å². The van der Waals surface area contributed by atoms with Crippen LogP contribution in [0.25, 0.3) is 0 Å². The second kappa shape index (κ2) is 6.84. The third kappa shape index (κ3) is 3.12. The molecule has 0 spiro atoms. The van der Waals surface area contributed by atoms with Gasteiger partial charge in [0.2, 0.25) is 16.1 Å². The maximum absolute atomic E-state index is 2.28. The maximum atomic E-state index is 2.28. The first-order valence-corrected chi connectivity index (χ1v) is 11.0. The molecule has 0 aliphatic heterocycles. The van der Waals surface area contributed by atoms with Crippen LogP contribution in [0.2, 0.25) is 0 Å². The zero-order chi connectivity index (χ0) is 21.2. The van der Waals surface area contributed by atoms with Crippen LogP contribution in [0.4, 0.5) is 17.1 Å². The second-order valence-electron chi connectivity index (χ2n) is 8.84. The molecule has 0 fully saturated rings. The highest BCUT2D eigenvalue weighted by Crippen LogP contribution is 2.44. The second-order valence-corrected chi connectivity index (χ2v) is 10.9. The summed E-state index contributed by atoms with van der Waals surface area (Å²) in [4.78, 5) is 6.84. The Morgan fingerprint density at radius 3 is 0.786 bits per heavy atom. The lowest BCUT2D eigenvalue weighted by atomic mass is 10.7. The molecule has 0 atom stereocenters. The van der Waals surface area contributed by atoms with Crippen LogP contribution in [0.3, 0.4) is 0 Å². The fourth-order valence-electron chi connectivity index (χ4n) is 3.99. The van der Waals surface area contributed by atoms with Gasteiger partial charge < -0.3 is 14.7 Å². The molecule has 0 unspecified atom stereocenters. The van der Waals surface area contributed by atoms with Crippen molar-refractivity contribution in [3.63, 3.8) is 0 Å². The summed E-state index contributed by atoms with van der Waals surface area (Å²) in [5.74, 6) is 0. The zero-order valence-corrected chi connectivity index (χ0v) is 20.5. The van der Waals surface area contributed by atoms with E-state index in [0.29, 0.717) is 0 Å². The Kier molecular flexibility index (Phi) is 5.08. The van der Waals surface area contributed by atoms with Crippen molar-refractivity contribution >= 4 is 40.9 Å². The van der Waals surface area contributed by atoms with Gasteiger partial charge in [-0.2, -0.15) is 0 Å². The maximum Gasteiger partial charge on any atom is 0.234 e. The predicted molar refractivity (Wildman–Crippen MR) is 127 cm³/mol. The van der Waals surface area contributed by atoms with E-state index in [9.17, 15) is 0 Å². The fraction of sp³-hybridized carbons (Fsp3) is 0.571. The highest BCUT2D eigenvalue weighted by Gasteiger charge is 2.51. The van der Waals surface area contributed by atoms with Gasteiger partial charge in [0.1, 0.15) is 59.3 Å². The summed E-state index contributed by atoms with van der Waals surface area (Å²) < 4.78 is 6.84. The van der Waals surface area contributed by atoms with Crippen molar-refractivity contribution in [2.75, 3.05) is 99.3 Å². The molecule has 0 radical (unpaired) electrons. The Morgan fingerprint density at radius 1 is 0.464 bits per heavy atom. The molecule has 0 saturated heterocycles. The van der Waals surface area contributed by atoms with Crippen LogP contribution in [-0.4, -0.2) is 84.6 Å². The van der Waals surface area contributed by atoms with E-state index in [-0.39, 0.29) is 0 Å². The monoisotopic (exact) mass is 403 g/mol. The SMILES string of the molecule is CN(C)c1c(P(c2c(N(C)C)c2=[N+](C)C)c2c(N(C)C)c2=[N+](C)C)c1=[N+](C)C. The lowest BCUT2D eigenvalue weighted by molar-refractivity contribution is 0.831. The van der Waals surface area contributed by atoms with Crippen molar-refractivity contribution in [2.24, 2.45) is 0 Å². The fourth-order valence-corrected chi connectivity index (χ4v) is 7.60. The van der Waals surface area contributed by atoms with Crippen LogP contribution in [0.5, 0.6) is 0 Å². The van der Waals surface area contributed by atoms with Gasteiger partial charge in [-0.25, -0.2) is 13.7 Å². The van der Waals surface area contributed by atoms with Crippen molar-refractivity contribution in [1.29, 1.82) is 0 Å². The van der Waals surface area contributed by atoms with Crippen LogP contribution >= 0.6 is 7.92 Å². The van der Waals surface area contributed by atoms with Gasteiger partial charge in [-0.15, -0.1) is 0 Å². The van der Waals surface area contributed by atoms with Gasteiger partial charge in [0.15, 0.2) is 0 Å². The molecule has 6 nitrogen and oxygen atoms in total. The van der Waals surface area contributed by atoms with E-state index < -0.39 is 7.92 Å². The van der Waals surface area contributed by atoms with Crippen molar-refractivity contribution in [2.45, 2.75) is 0 Å². The molecular weight excluding hydrogens is 367 g/mol. The zero-order valence-electron chi connectivity index (χ0n) is 19.6. The van der Waals surface area contributed by atoms with E-state index in [4.69, 9.17) is 0 Å². The molecule has 0 aliphatic carbocycles. The highest BCUT2D eigenvalue weighted by molar-refractivity contribution is 7.82. The molecular formula is C21H36N6P+3. The quantitative estimate of drug-likeness (QED) is 0.331. The molecule has 0 aliphatic rings. The predicted octanol–water partition coefficient (Wildman–Crippen LogP) is -2.63. The molecule has 0 N–H and O–H groups in total. The standard InChI is InChI=1S/C21H36N6P/c1-22(2)13-14(23(3)4)19(13)28(20-15(24(5)6)16(20)25(7)8)21-17(26(9)10)18(21)27(11)12/h1-12H3/q+3. The normalized spacial score (nSPS) is 11.9. The van der Waals surface area contributed by atoms with Gasteiger partial charge >= 0.3 is 0 Å². The minimum Gasteiger partial charge on any atom is -0.372 e. The summed E-state index contributed by atoms with van der Waals surface area (Å²) in [6, 6.07) is 0. The van der Waals surface area contributed by atoms with Crippen molar-refractivity contribution < 1.29 is 0 Å². The van der Waals surface area contributed by atoms with Gasteiger partial charge in [-0.05, 0) is 0 Å². The average Bonchev–Trinajstić information content (AvgIpc) is 3.43. The van der Waals surface area contributed by atoms with Crippen LogP contribution < -0.4 is 60.4 Å². The molecule has 152 valence electrons. The Labute approximate surface area is 170 Å². The van der Waals surface area contributed by atoms with Crippen LogP contribution in [0.1, 0.15) is 0 Å². The van der Waals surface area contributed by atoms with Crippen LogP contribution in [0.15, 0.2) is 0 Å². The lowest BCUT2D eigenvalue weighted by Gasteiger charge is -2.09. The summed E-state index contributed by atoms with van der Waals surface area (Å²) in [6.07, 6.45) is 0. The summed E-state index contributed by atoms with van der Waals surface area (Å²) in [7, 11) is 25.4. The topological polar surface area (TPSA) is 18.8 Å². The molecule has 0 bridgehead atoms. The number of hydrogen-bond donors (Lipinski definition) is 0. The van der Waals surface area contributed by atoms with Gasteiger partial charge in [0.25, 0.3) is 0 Å². The molecule has 28 heavy (non-hydrogen) atoms. The molecule has 0 amide bonds. The summed E-state index contributed by atoms with van der Waals surface area (Å²) in [5.41, 5.74) is 4.21. The average molecular weight is 404 g/mol. The lowest BCUT2D eigenvalue weighted by Crippen LogP contribution is -2.28. The number of nitrogens with zero attached hydrogens (tertiary/aromatic N) is 6. The Balaban J connectivity index is 2.33. The molecule has 0 aromatic heterocycles. The summed E-state index contributed by atoms with van der Waals surface area (Å²) >= 11 is 0. The van der Waals surface area contributed by atoms with Gasteiger partial charge in [0.05, 0.1) is 15.9 Å². The molecule has 0 heterocycles. The minimum atomic E-state index is -0.557. The molecule has 3 rings (SSSR count). The minimum absolute atomic E-state index is 0.557.